The Morgan fingerprint density at radius 3 is 1.36 bits per heavy atom. The molecule has 3 saturated heterocycles. The van der Waals surface area contributed by atoms with Gasteiger partial charge in [-0.3, -0.25) is 19.3 Å². The quantitative estimate of drug-likeness (QED) is 0.0207. The molecule has 25 nitrogen and oxygen atoms in total. The average Bonchev–Trinajstić information content (AvgIpc) is 3.30. The fourth-order valence-electron chi connectivity index (χ4n) is 7.07. The maximum atomic E-state index is 13.6. The van der Waals surface area contributed by atoms with Gasteiger partial charge in [-0.25, -0.2) is 9.59 Å². The molecule has 3 amide bonds. The third-order valence-corrected chi connectivity index (χ3v) is 14.6. The normalized spacial score (nSPS) is 33.1. The van der Waals surface area contributed by atoms with Gasteiger partial charge in [0.05, 0.1) is 19.8 Å². The van der Waals surface area contributed by atoms with Crippen LogP contribution in [0.2, 0.25) is 0 Å². The third kappa shape index (κ3) is 17.7. The number of carbonyl (C=O) groups is 5. The van der Waals surface area contributed by atoms with Gasteiger partial charge in [-0.1, -0.05) is 6.42 Å². The highest BCUT2D eigenvalue weighted by atomic mass is 32.2. The van der Waals surface area contributed by atoms with Crippen LogP contribution in [0.25, 0.3) is 0 Å². The van der Waals surface area contributed by atoms with E-state index in [1.54, 1.807) is 0 Å². The summed E-state index contributed by atoms with van der Waals surface area (Å²) in [5.74, 6) is -4.48. The number of thioether (sulfide) groups is 3. The van der Waals surface area contributed by atoms with Crippen molar-refractivity contribution in [3.05, 3.63) is 0 Å². The summed E-state index contributed by atoms with van der Waals surface area (Å²) in [6.45, 7) is -1.88. The topological polar surface area (TPSA) is 432 Å². The maximum Gasteiger partial charge on any atom is 0.336 e. The summed E-state index contributed by atoms with van der Waals surface area (Å²) in [4.78, 5) is 67.4. The fourth-order valence-corrected chi connectivity index (χ4v) is 10.4. The summed E-state index contributed by atoms with van der Waals surface area (Å²) < 4.78 is 21.4. The van der Waals surface area contributed by atoms with Gasteiger partial charge in [-0.05, 0) is 38.6 Å². The summed E-state index contributed by atoms with van der Waals surface area (Å²) in [7, 11) is 0. The van der Waals surface area contributed by atoms with Crippen molar-refractivity contribution in [3.8, 4) is 0 Å². The Morgan fingerprint density at radius 2 is 0.955 bits per heavy atom. The number of aliphatic hydroxyl groups excluding tert-OH is 12. The fraction of sp³-hybridized carbons (Fsp3) is 0.872. The predicted molar refractivity (Wildman–Crippen MR) is 237 cm³/mol. The van der Waals surface area contributed by atoms with E-state index in [9.17, 15) is 85.3 Å². The summed E-state index contributed by atoms with van der Waals surface area (Å²) in [6, 6.07) is -2.61. The van der Waals surface area contributed by atoms with E-state index in [2.05, 4.69) is 5.32 Å². The van der Waals surface area contributed by atoms with Crippen molar-refractivity contribution in [1.82, 2.24) is 10.2 Å². The van der Waals surface area contributed by atoms with Crippen LogP contribution >= 0.6 is 35.3 Å². The Kier molecular flexibility index (Phi) is 26.7. The molecule has 0 aromatic heterocycles. The summed E-state index contributed by atoms with van der Waals surface area (Å²) in [6.07, 6.45) is -17.8. The lowest BCUT2D eigenvalue weighted by Crippen LogP contribution is -2.57. The van der Waals surface area contributed by atoms with Gasteiger partial charge in [-0.2, -0.15) is 0 Å². The van der Waals surface area contributed by atoms with Crippen LogP contribution in [0.5, 0.6) is 0 Å². The van der Waals surface area contributed by atoms with Crippen LogP contribution in [-0.2, 0) is 42.9 Å². The van der Waals surface area contributed by atoms with Gasteiger partial charge >= 0.3 is 11.9 Å². The van der Waals surface area contributed by atoms with E-state index in [4.69, 9.17) is 30.4 Å². The lowest BCUT2D eigenvalue weighted by molar-refractivity contribution is -0.205. The van der Waals surface area contributed by atoms with Crippen LogP contribution in [0.3, 0.4) is 0 Å². The van der Waals surface area contributed by atoms with Gasteiger partial charge in [0.2, 0.25) is 17.7 Å². The van der Waals surface area contributed by atoms with E-state index < -0.39 is 151 Å². The van der Waals surface area contributed by atoms with Crippen LogP contribution < -0.4 is 16.8 Å². The Balaban J connectivity index is 1.69. The van der Waals surface area contributed by atoms with E-state index in [1.807, 2.05) is 0 Å². The zero-order valence-electron chi connectivity index (χ0n) is 36.7. The number of aliphatic hydroxyl groups is 12. The Hall–Kier alpha value is -1.88. The molecule has 17 atom stereocenters. The van der Waals surface area contributed by atoms with Gasteiger partial charge in [0, 0.05) is 43.1 Å². The van der Waals surface area contributed by atoms with Crippen molar-refractivity contribution in [3.63, 3.8) is 0 Å². The number of carbonyl (C=O) groups excluding carboxylic acids is 5. The molecule has 3 fully saturated rings. The monoisotopic (exact) mass is 1020 g/mol. The van der Waals surface area contributed by atoms with Crippen LogP contribution in [0, 0.1) is 0 Å². The number of rotatable bonds is 27. The minimum atomic E-state index is -1.66. The van der Waals surface area contributed by atoms with Crippen molar-refractivity contribution >= 4 is 64.9 Å². The standard InChI is InChI=1S/C39H68N4O21S3/c40-10-3-1-5-18(41)35(59)64-36(60)19(42-23(47)7-12-65-37-32(56)29(53)26(50)20(15-44)61-37)6-2-4-11-43(24(48)8-13-66-38-33(57)30(54)27(51)21(16-45)62-38)25(49)9-14-67-39-34(58)31(55)28(52)22(17-46)63-39/h18-22,26-34,37-39,44-46,50-58H,1-17,40-41H2,(H,42,47)/t18-,19-,20+,21+,22+,26-,27-,28-,29-,30-,31-,32+,33+,34+,37-,38-,39-/m0/s1. The highest BCUT2D eigenvalue weighted by Crippen LogP contribution is 2.32. The second-order valence-electron chi connectivity index (χ2n) is 16.1. The molecule has 3 heterocycles. The number of imide groups is 1. The zero-order chi connectivity index (χ0) is 50.0. The number of nitrogens with two attached hydrogens (primary N) is 2. The molecule has 0 spiro atoms. The zero-order valence-corrected chi connectivity index (χ0v) is 39.2. The van der Waals surface area contributed by atoms with E-state index in [-0.39, 0.29) is 68.7 Å². The largest absolute Gasteiger partial charge is 0.394 e. The van der Waals surface area contributed by atoms with E-state index in [1.165, 1.54) is 0 Å². The molecule has 3 rings (SSSR count). The number of hydrogen-bond acceptors (Lipinski definition) is 26. The molecule has 0 unspecified atom stereocenters. The number of nitrogens with one attached hydrogen (secondary N) is 1. The Labute approximate surface area is 399 Å². The summed E-state index contributed by atoms with van der Waals surface area (Å²) >= 11 is 2.66. The van der Waals surface area contributed by atoms with Crippen LogP contribution in [-0.4, -0.2) is 248 Å². The minimum absolute atomic E-state index is 0.0379. The predicted octanol–water partition coefficient (Wildman–Crippen LogP) is -6.71. The third-order valence-electron chi connectivity index (χ3n) is 11.2. The number of amides is 3. The molecular formula is C39H68N4O21S3. The number of ether oxygens (including phenoxy) is 4. The second kappa shape index (κ2) is 30.1. The van der Waals surface area contributed by atoms with E-state index in [0.717, 1.165) is 40.2 Å². The smallest absolute Gasteiger partial charge is 0.336 e. The maximum absolute atomic E-state index is 13.6. The molecule has 28 heteroatoms. The number of esters is 2. The van der Waals surface area contributed by atoms with Gasteiger partial charge in [-0.15, -0.1) is 35.3 Å². The first-order valence-electron chi connectivity index (χ1n) is 21.9. The van der Waals surface area contributed by atoms with Crippen molar-refractivity contribution < 1.29 is 104 Å². The van der Waals surface area contributed by atoms with E-state index in [0.29, 0.717) is 19.4 Å². The number of nitrogens with zero attached hydrogens (tertiary/aromatic N) is 1. The molecule has 0 aromatic carbocycles. The highest BCUT2D eigenvalue weighted by molar-refractivity contribution is 8.00. The number of hydrogen-bond donors (Lipinski definition) is 15. The molecule has 0 aromatic rings. The molecule has 0 saturated carbocycles. The highest BCUT2D eigenvalue weighted by Gasteiger charge is 2.46. The van der Waals surface area contributed by atoms with Crippen LogP contribution in [0.4, 0.5) is 0 Å². The molecule has 3 aliphatic heterocycles. The van der Waals surface area contributed by atoms with Gasteiger partial charge < -0.3 is 97.0 Å². The first-order chi connectivity index (χ1) is 31.8. The number of unbranched alkanes of at least 4 members (excludes halogenated alkanes) is 2. The molecule has 0 bridgehead atoms. The summed E-state index contributed by atoms with van der Waals surface area (Å²) in [5.41, 5.74) is 7.96. The molecule has 0 radical (unpaired) electrons. The first-order valence-corrected chi connectivity index (χ1v) is 25.1. The molecule has 0 aliphatic carbocycles. The Morgan fingerprint density at radius 1 is 0.552 bits per heavy atom. The minimum Gasteiger partial charge on any atom is -0.394 e. The van der Waals surface area contributed by atoms with Gasteiger partial charge in [0.1, 0.15) is 102 Å². The molecule has 388 valence electrons. The lowest BCUT2D eigenvalue weighted by Gasteiger charge is -2.39. The van der Waals surface area contributed by atoms with Crippen molar-refractivity contribution in [2.45, 2.75) is 159 Å². The van der Waals surface area contributed by atoms with E-state index >= 15 is 0 Å². The molecule has 17 N–H and O–H groups in total. The van der Waals surface area contributed by atoms with Crippen LogP contribution in [0.15, 0.2) is 0 Å². The second-order valence-corrected chi connectivity index (χ2v) is 19.8. The van der Waals surface area contributed by atoms with Crippen molar-refractivity contribution in [1.29, 1.82) is 0 Å². The summed E-state index contributed by atoms with van der Waals surface area (Å²) in [5, 5.41) is 123. The Bertz CT molecular complexity index is 1490. The van der Waals surface area contributed by atoms with Gasteiger partial charge in [0.15, 0.2) is 0 Å². The van der Waals surface area contributed by atoms with Crippen molar-refractivity contribution in [2.75, 3.05) is 50.2 Å². The SMILES string of the molecule is NCCCC[C@H](N)C(=O)OC(=O)[C@H](CCCCN(C(=O)CCS[C@@H]1O[C@H](CO)[C@H](O)[C@H](O)[C@H]1O)C(=O)CCS[C@@H]1O[C@H](CO)[C@H](O)[C@H](O)[C@H]1O)NC(=O)CCS[C@@H]1O[C@H](CO)[C@H](O)[C@H](O)[C@H]1O. The molecule has 67 heavy (non-hydrogen) atoms. The van der Waals surface area contributed by atoms with Crippen molar-refractivity contribution in [2.24, 2.45) is 11.5 Å². The molecular weight excluding hydrogens is 957 g/mol. The van der Waals surface area contributed by atoms with Gasteiger partial charge in [0.25, 0.3) is 0 Å². The average molecular weight is 1030 g/mol. The molecule has 3 aliphatic rings. The first kappa shape index (κ1) is 59.4. The lowest BCUT2D eigenvalue weighted by atomic mass is 10.0. The van der Waals surface area contributed by atoms with Crippen LogP contribution in [0.1, 0.15) is 57.8 Å².